The van der Waals surface area contributed by atoms with Crippen LogP contribution in [0.1, 0.15) is 63.9 Å². The fourth-order valence-corrected chi connectivity index (χ4v) is 3.65. The molecule has 2 aromatic carbocycles. The second-order valence-electron chi connectivity index (χ2n) is 9.41. The second kappa shape index (κ2) is 7.29. The summed E-state index contributed by atoms with van der Waals surface area (Å²) in [5.74, 6) is 0.395. The van der Waals surface area contributed by atoms with Crippen molar-refractivity contribution in [3.8, 4) is 5.75 Å². The van der Waals surface area contributed by atoms with E-state index in [9.17, 15) is 5.11 Å². The maximum atomic E-state index is 10.8. The number of rotatable bonds is 3. The average molecular weight is 397 g/mol. The van der Waals surface area contributed by atoms with Gasteiger partial charge in [0.05, 0.1) is 17.3 Å². The summed E-state index contributed by atoms with van der Waals surface area (Å²) in [4.78, 5) is 7.93. The van der Waals surface area contributed by atoms with Crippen molar-refractivity contribution in [2.45, 2.75) is 58.9 Å². The number of para-hydroxylation sites is 1. The molecule has 0 bridgehead atoms. The number of hydrogen-bond donors (Lipinski definition) is 2. The predicted octanol–water partition coefficient (Wildman–Crippen LogP) is 6.74. The zero-order valence-electron chi connectivity index (χ0n) is 17.5. The molecule has 0 amide bonds. The minimum Gasteiger partial charge on any atom is -0.507 e. The van der Waals surface area contributed by atoms with Crippen molar-refractivity contribution in [1.29, 1.82) is 0 Å². The highest BCUT2D eigenvalue weighted by molar-refractivity contribution is 6.38. The van der Waals surface area contributed by atoms with E-state index < -0.39 is 0 Å². The molecule has 0 spiro atoms. The molecule has 4 heteroatoms. The zero-order chi connectivity index (χ0) is 20.7. The van der Waals surface area contributed by atoms with E-state index in [0.717, 1.165) is 33.3 Å². The van der Waals surface area contributed by atoms with E-state index in [1.165, 1.54) is 0 Å². The standard InChI is InChI=1S/C24H29ClN2O/c1-23(2,3)17-11-15(12-18(22(17)28)24(4,5)6)13-26-14-20-21(25)16-9-7-8-10-19(16)27-20/h7-12,14,27-28H,13H2,1-6H3. The van der Waals surface area contributed by atoms with Gasteiger partial charge in [0.1, 0.15) is 5.75 Å². The fraction of sp³-hybridized carbons (Fsp3) is 0.375. The molecule has 3 nitrogen and oxygen atoms in total. The number of aromatic hydroxyl groups is 1. The number of hydrogen-bond acceptors (Lipinski definition) is 2. The molecule has 3 aromatic rings. The summed E-state index contributed by atoms with van der Waals surface area (Å²) >= 11 is 6.47. The van der Waals surface area contributed by atoms with Crippen molar-refractivity contribution in [3.05, 3.63) is 63.8 Å². The summed E-state index contributed by atoms with van der Waals surface area (Å²) in [6.07, 6.45) is 1.79. The van der Waals surface area contributed by atoms with E-state index in [1.807, 2.05) is 24.3 Å². The van der Waals surface area contributed by atoms with Crippen LogP contribution in [0.4, 0.5) is 0 Å². The molecule has 148 valence electrons. The summed E-state index contributed by atoms with van der Waals surface area (Å²) in [7, 11) is 0. The van der Waals surface area contributed by atoms with Crippen LogP contribution in [-0.2, 0) is 17.4 Å². The van der Waals surface area contributed by atoms with Crippen molar-refractivity contribution < 1.29 is 5.11 Å². The molecule has 2 N–H and O–H groups in total. The van der Waals surface area contributed by atoms with Crippen molar-refractivity contribution in [1.82, 2.24) is 4.98 Å². The monoisotopic (exact) mass is 396 g/mol. The highest BCUT2D eigenvalue weighted by Crippen LogP contribution is 2.40. The summed E-state index contributed by atoms with van der Waals surface area (Å²) < 4.78 is 0. The Morgan fingerprint density at radius 1 is 1.00 bits per heavy atom. The Kier molecular flexibility index (Phi) is 5.33. The third kappa shape index (κ3) is 4.10. The van der Waals surface area contributed by atoms with Crippen LogP contribution in [0.15, 0.2) is 41.4 Å². The topological polar surface area (TPSA) is 48.4 Å². The lowest BCUT2D eigenvalue weighted by Crippen LogP contribution is -2.17. The summed E-state index contributed by atoms with van der Waals surface area (Å²) in [6.45, 7) is 13.2. The van der Waals surface area contributed by atoms with Gasteiger partial charge in [0.25, 0.3) is 0 Å². The number of aromatic nitrogens is 1. The first-order valence-electron chi connectivity index (χ1n) is 9.61. The van der Waals surface area contributed by atoms with Gasteiger partial charge in [0, 0.05) is 17.1 Å². The summed E-state index contributed by atoms with van der Waals surface area (Å²) in [6, 6.07) is 12.1. The number of nitrogens with zero attached hydrogens (tertiary/aromatic N) is 1. The minimum absolute atomic E-state index is 0.149. The first-order chi connectivity index (χ1) is 13.0. The predicted molar refractivity (Wildman–Crippen MR) is 120 cm³/mol. The van der Waals surface area contributed by atoms with Crippen molar-refractivity contribution in [2.75, 3.05) is 0 Å². The molecule has 0 radical (unpaired) electrons. The number of aliphatic imine (C=N–C) groups is 1. The Labute approximate surface area is 172 Å². The van der Waals surface area contributed by atoms with Crippen LogP contribution in [0, 0.1) is 0 Å². The van der Waals surface area contributed by atoms with Gasteiger partial charge in [-0.25, -0.2) is 0 Å². The Hall–Kier alpha value is -2.26. The molecule has 0 aliphatic rings. The Morgan fingerprint density at radius 2 is 1.57 bits per heavy atom. The fourth-order valence-electron chi connectivity index (χ4n) is 3.39. The molecule has 1 aromatic heterocycles. The molecular formula is C24H29ClN2O. The van der Waals surface area contributed by atoms with E-state index in [2.05, 4.69) is 63.7 Å². The van der Waals surface area contributed by atoms with Crippen LogP contribution < -0.4 is 0 Å². The van der Waals surface area contributed by atoms with Gasteiger partial charge in [-0.3, -0.25) is 4.99 Å². The number of H-pyrrole nitrogens is 1. The van der Waals surface area contributed by atoms with Gasteiger partial charge < -0.3 is 10.1 Å². The Bertz CT molecular complexity index is 998. The molecule has 0 unspecified atom stereocenters. The number of nitrogens with one attached hydrogen (secondary N) is 1. The molecule has 0 aliphatic carbocycles. The second-order valence-corrected chi connectivity index (χ2v) is 9.79. The van der Waals surface area contributed by atoms with Crippen molar-refractivity contribution in [3.63, 3.8) is 0 Å². The molecule has 0 saturated carbocycles. The van der Waals surface area contributed by atoms with Crippen molar-refractivity contribution in [2.24, 2.45) is 4.99 Å². The largest absolute Gasteiger partial charge is 0.507 e. The third-order valence-corrected chi connectivity index (χ3v) is 5.36. The maximum Gasteiger partial charge on any atom is 0.123 e. The molecule has 0 aliphatic heterocycles. The van der Waals surface area contributed by atoms with Crippen LogP contribution in [-0.4, -0.2) is 16.3 Å². The van der Waals surface area contributed by atoms with Crippen LogP contribution in [0.2, 0.25) is 5.02 Å². The first kappa shape index (κ1) is 20.5. The van der Waals surface area contributed by atoms with Gasteiger partial charge in [-0.15, -0.1) is 0 Å². The highest BCUT2D eigenvalue weighted by atomic mass is 35.5. The molecule has 28 heavy (non-hydrogen) atoms. The summed E-state index contributed by atoms with van der Waals surface area (Å²) in [5, 5.41) is 12.5. The van der Waals surface area contributed by atoms with Crippen LogP contribution >= 0.6 is 11.6 Å². The zero-order valence-corrected chi connectivity index (χ0v) is 18.3. The number of halogens is 1. The van der Waals surface area contributed by atoms with E-state index >= 15 is 0 Å². The number of fused-ring (bicyclic) bond motifs is 1. The molecule has 1 heterocycles. The number of benzene rings is 2. The van der Waals surface area contributed by atoms with Gasteiger partial charge in [-0.1, -0.05) is 71.3 Å². The van der Waals surface area contributed by atoms with E-state index in [4.69, 9.17) is 11.6 Å². The number of phenols is 1. The highest BCUT2D eigenvalue weighted by Gasteiger charge is 2.26. The van der Waals surface area contributed by atoms with Gasteiger partial charge in [0.2, 0.25) is 0 Å². The average Bonchev–Trinajstić information content (AvgIpc) is 2.90. The Balaban J connectivity index is 1.95. The quantitative estimate of drug-likeness (QED) is 0.473. The van der Waals surface area contributed by atoms with Crippen molar-refractivity contribution >= 4 is 28.7 Å². The Morgan fingerprint density at radius 3 is 2.11 bits per heavy atom. The van der Waals surface area contributed by atoms with Crippen LogP contribution in [0.5, 0.6) is 5.75 Å². The summed E-state index contributed by atoms with van der Waals surface area (Å²) in [5.41, 5.74) is 4.50. The van der Waals surface area contributed by atoms with E-state index in [1.54, 1.807) is 6.21 Å². The lowest BCUT2D eigenvalue weighted by atomic mass is 9.78. The molecule has 0 atom stereocenters. The van der Waals surface area contributed by atoms with Gasteiger partial charge >= 0.3 is 0 Å². The van der Waals surface area contributed by atoms with Crippen LogP contribution in [0.3, 0.4) is 0 Å². The molecule has 3 rings (SSSR count). The van der Waals surface area contributed by atoms with Gasteiger partial charge in [0.15, 0.2) is 0 Å². The first-order valence-corrected chi connectivity index (χ1v) is 9.99. The maximum absolute atomic E-state index is 10.8. The lowest BCUT2D eigenvalue weighted by molar-refractivity contribution is 0.422. The van der Waals surface area contributed by atoms with Gasteiger partial charge in [-0.05, 0) is 45.7 Å². The lowest BCUT2D eigenvalue weighted by Gasteiger charge is -2.28. The smallest absolute Gasteiger partial charge is 0.123 e. The van der Waals surface area contributed by atoms with E-state index in [0.29, 0.717) is 17.3 Å². The number of aromatic amines is 1. The molecule has 0 saturated heterocycles. The molecule has 0 fully saturated rings. The van der Waals surface area contributed by atoms with Gasteiger partial charge in [-0.2, -0.15) is 0 Å². The minimum atomic E-state index is -0.149. The third-order valence-electron chi connectivity index (χ3n) is 4.95. The normalized spacial score (nSPS) is 13.0. The molecular weight excluding hydrogens is 368 g/mol. The SMILES string of the molecule is CC(C)(C)c1cc(CN=Cc2[nH]c3ccccc3c2Cl)cc(C(C)(C)C)c1O. The number of phenolic OH excluding ortho intramolecular Hbond substituents is 1. The van der Waals surface area contributed by atoms with E-state index in [-0.39, 0.29) is 10.8 Å². The van der Waals surface area contributed by atoms with Crippen LogP contribution in [0.25, 0.3) is 10.9 Å².